The van der Waals surface area contributed by atoms with E-state index in [-0.39, 0.29) is 18.0 Å². The monoisotopic (exact) mass is 252 g/mol. The first-order valence-corrected chi connectivity index (χ1v) is 6.54. The summed E-state index contributed by atoms with van der Waals surface area (Å²) in [7, 11) is 1.90. The van der Waals surface area contributed by atoms with E-state index < -0.39 is 0 Å². The Morgan fingerprint density at radius 2 is 2.22 bits per heavy atom. The van der Waals surface area contributed by atoms with Gasteiger partial charge in [-0.05, 0) is 20.3 Å². The first-order valence-electron chi connectivity index (χ1n) is 6.54. The van der Waals surface area contributed by atoms with E-state index in [1.165, 1.54) is 0 Å². The number of hydrogen-bond donors (Lipinski definition) is 2. The van der Waals surface area contributed by atoms with E-state index in [2.05, 4.69) is 29.6 Å². The zero-order chi connectivity index (χ0) is 13.5. The lowest BCUT2D eigenvalue weighted by Crippen LogP contribution is -2.34. The topological polar surface area (TPSA) is 59.0 Å². The third-order valence-corrected chi connectivity index (χ3v) is 3.05. The molecule has 0 aromatic carbocycles. The lowest BCUT2D eigenvalue weighted by Gasteiger charge is -2.14. The minimum Gasteiger partial charge on any atom is -0.354 e. The highest BCUT2D eigenvalue weighted by Gasteiger charge is 2.09. The third-order valence-electron chi connectivity index (χ3n) is 3.05. The summed E-state index contributed by atoms with van der Waals surface area (Å²) >= 11 is 0. The highest BCUT2D eigenvalue weighted by molar-refractivity contribution is 5.76. The van der Waals surface area contributed by atoms with Crippen LogP contribution >= 0.6 is 0 Å². The van der Waals surface area contributed by atoms with Crippen LogP contribution in [-0.2, 0) is 11.8 Å². The van der Waals surface area contributed by atoms with Gasteiger partial charge in [-0.2, -0.15) is 5.10 Å². The maximum atomic E-state index is 11.6. The van der Waals surface area contributed by atoms with Gasteiger partial charge in [0.05, 0.1) is 6.20 Å². The number of nitrogens with zero attached hydrogens (tertiary/aromatic N) is 2. The molecule has 0 spiro atoms. The van der Waals surface area contributed by atoms with Crippen molar-refractivity contribution in [1.29, 1.82) is 0 Å². The Kier molecular flexibility index (Phi) is 5.85. The molecule has 1 heterocycles. The van der Waals surface area contributed by atoms with Crippen molar-refractivity contribution >= 4 is 5.91 Å². The van der Waals surface area contributed by atoms with Crippen LogP contribution in [0.5, 0.6) is 0 Å². The molecule has 0 aliphatic heterocycles. The summed E-state index contributed by atoms with van der Waals surface area (Å²) in [4.78, 5) is 11.6. The minimum atomic E-state index is 0.107. The first-order chi connectivity index (χ1) is 8.52. The lowest BCUT2D eigenvalue weighted by atomic mass is 10.2. The first kappa shape index (κ1) is 14.7. The predicted molar refractivity (Wildman–Crippen MR) is 72.1 cm³/mol. The molecule has 2 N–H and O–H groups in total. The molecule has 1 aromatic heterocycles. The van der Waals surface area contributed by atoms with Crippen LogP contribution in [0.3, 0.4) is 0 Å². The molecule has 2 atom stereocenters. The number of aryl methyl sites for hydroxylation is 1. The van der Waals surface area contributed by atoms with Crippen molar-refractivity contribution in [3.8, 4) is 0 Å². The Bertz CT molecular complexity index is 375. The van der Waals surface area contributed by atoms with Gasteiger partial charge in [0, 0.05) is 43.9 Å². The van der Waals surface area contributed by atoms with E-state index in [0.717, 1.165) is 12.0 Å². The molecule has 2 unspecified atom stereocenters. The van der Waals surface area contributed by atoms with E-state index >= 15 is 0 Å². The third kappa shape index (κ3) is 4.87. The molecule has 0 bridgehead atoms. The van der Waals surface area contributed by atoms with Gasteiger partial charge in [-0.15, -0.1) is 0 Å². The van der Waals surface area contributed by atoms with Crippen LogP contribution in [0.4, 0.5) is 0 Å². The number of carbonyl (C=O) groups is 1. The summed E-state index contributed by atoms with van der Waals surface area (Å²) in [5, 5.41) is 10.4. The number of rotatable bonds is 7. The van der Waals surface area contributed by atoms with Crippen LogP contribution in [0.25, 0.3) is 0 Å². The van der Waals surface area contributed by atoms with Crippen LogP contribution in [-0.4, -0.2) is 28.3 Å². The van der Waals surface area contributed by atoms with Crippen molar-refractivity contribution in [2.75, 3.05) is 6.54 Å². The smallest absolute Gasteiger partial charge is 0.221 e. The van der Waals surface area contributed by atoms with Crippen LogP contribution in [0.15, 0.2) is 12.4 Å². The molecule has 0 saturated carbocycles. The van der Waals surface area contributed by atoms with Crippen molar-refractivity contribution in [2.45, 2.75) is 45.7 Å². The quantitative estimate of drug-likeness (QED) is 0.770. The summed E-state index contributed by atoms with van der Waals surface area (Å²) in [6.45, 7) is 6.83. The van der Waals surface area contributed by atoms with Crippen molar-refractivity contribution < 1.29 is 4.79 Å². The fourth-order valence-electron chi connectivity index (χ4n) is 1.63. The van der Waals surface area contributed by atoms with Gasteiger partial charge in [-0.1, -0.05) is 6.92 Å². The van der Waals surface area contributed by atoms with Gasteiger partial charge in [-0.25, -0.2) is 0 Å². The SMILES string of the molecule is CCC(C)NC(=O)CCNC(C)c1cnn(C)c1. The zero-order valence-electron chi connectivity index (χ0n) is 11.7. The van der Waals surface area contributed by atoms with Crippen LogP contribution in [0, 0.1) is 0 Å². The van der Waals surface area contributed by atoms with Crippen LogP contribution in [0.2, 0.25) is 0 Å². The molecule has 1 amide bonds. The largest absolute Gasteiger partial charge is 0.354 e. The molecule has 0 aliphatic rings. The van der Waals surface area contributed by atoms with Crippen LogP contribution in [0.1, 0.15) is 45.2 Å². The molecule has 0 radical (unpaired) electrons. The van der Waals surface area contributed by atoms with Crippen LogP contribution < -0.4 is 10.6 Å². The molecule has 18 heavy (non-hydrogen) atoms. The van der Waals surface area contributed by atoms with E-state index in [4.69, 9.17) is 0 Å². The van der Waals surface area contributed by atoms with E-state index in [9.17, 15) is 4.79 Å². The van der Waals surface area contributed by atoms with E-state index in [1.807, 2.05) is 26.4 Å². The second kappa shape index (κ2) is 7.16. The predicted octanol–water partition coefficient (Wildman–Crippen LogP) is 1.38. The fraction of sp³-hybridized carbons (Fsp3) is 0.692. The molecule has 5 nitrogen and oxygen atoms in total. The number of carbonyl (C=O) groups excluding carboxylic acids is 1. The number of amides is 1. The van der Waals surface area contributed by atoms with Crippen molar-refractivity contribution in [2.24, 2.45) is 7.05 Å². The lowest BCUT2D eigenvalue weighted by molar-refractivity contribution is -0.121. The average molecular weight is 252 g/mol. The number of aromatic nitrogens is 2. The molecular weight excluding hydrogens is 228 g/mol. The van der Waals surface area contributed by atoms with Crippen molar-refractivity contribution in [3.05, 3.63) is 18.0 Å². The summed E-state index contributed by atoms with van der Waals surface area (Å²) in [5.41, 5.74) is 1.14. The maximum Gasteiger partial charge on any atom is 0.221 e. The van der Waals surface area contributed by atoms with Crippen molar-refractivity contribution in [3.63, 3.8) is 0 Å². The molecule has 0 fully saturated rings. The van der Waals surface area contributed by atoms with Gasteiger partial charge in [0.25, 0.3) is 0 Å². The van der Waals surface area contributed by atoms with E-state index in [0.29, 0.717) is 13.0 Å². The highest BCUT2D eigenvalue weighted by Crippen LogP contribution is 2.09. The molecule has 102 valence electrons. The zero-order valence-corrected chi connectivity index (χ0v) is 11.7. The van der Waals surface area contributed by atoms with E-state index in [1.54, 1.807) is 4.68 Å². The molecule has 5 heteroatoms. The number of nitrogens with one attached hydrogen (secondary N) is 2. The van der Waals surface area contributed by atoms with Gasteiger partial charge < -0.3 is 10.6 Å². The molecule has 0 saturated heterocycles. The molecule has 0 aliphatic carbocycles. The van der Waals surface area contributed by atoms with Gasteiger partial charge in [0.1, 0.15) is 0 Å². The molecule has 1 aromatic rings. The fourth-order valence-corrected chi connectivity index (χ4v) is 1.63. The average Bonchev–Trinajstić information content (AvgIpc) is 2.75. The van der Waals surface area contributed by atoms with Gasteiger partial charge >= 0.3 is 0 Å². The Morgan fingerprint density at radius 3 is 2.78 bits per heavy atom. The maximum absolute atomic E-state index is 11.6. The van der Waals surface area contributed by atoms with Gasteiger partial charge in [0.15, 0.2) is 0 Å². The standard InChI is InChI=1S/C13H24N4O/c1-5-10(2)16-13(18)6-7-14-11(3)12-8-15-17(4)9-12/h8-11,14H,5-7H2,1-4H3,(H,16,18). The Labute approximate surface area is 109 Å². The molecular formula is C13H24N4O. The van der Waals surface area contributed by atoms with Gasteiger partial charge in [-0.3, -0.25) is 9.48 Å². The number of hydrogen-bond acceptors (Lipinski definition) is 3. The summed E-state index contributed by atoms with van der Waals surface area (Å²) < 4.78 is 1.78. The molecule has 1 rings (SSSR count). The highest BCUT2D eigenvalue weighted by atomic mass is 16.1. The Hall–Kier alpha value is -1.36. The normalized spacial score (nSPS) is 14.2. The summed E-state index contributed by atoms with van der Waals surface area (Å²) in [6.07, 6.45) is 5.30. The Morgan fingerprint density at radius 1 is 1.50 bits per heavy atom. The van der Waals surface area contributed by atoms with Gasteiger partial charge in [0.2, 0.25) is 5.91 Å². The second-order valence-electron chi connectivity index (χ2n) is 4.75. The Balaban J connectivity index is 2.23. The summed E-state index contributed by atoms with van der Waals surface area (Å²) in [6, 6.07) is 0.475. The second-order valence-corrected chi connectivity index (χ2v) is 4.75. The van der Waals surface area contributed by atoms with Crippen molar-refractivity contribution in [1.82, 2.24) is 20.4 Å². The summed E-state index contributed by atoms with van der Waals surface area (Å²) in [5.74, 6) is 0.107. The minimum absolute atomic E-state index is 0.107.